The number of nitrogens with two attached hydrogens (primary N) is 1. The summed E-state index contributed by atoms with van der Waals surface area (Å²) in [4.78, 5) is 2.26. The molecule has 16 heavy (non-hydrogen) atoms. The van der Waals surface area contributed by atoms with Crippen molar-refractivity contribution in [3.63, 3.8) is 0 Å². The highest BCUT2D eigenvalue weighted by Crippen LogP contribution is 2.17. The summed E-state index contributed by atoms with van der Waals surface area (Å²) in [5.74, 6) is 0.944. The zero-order valence-corrected chi connectivity index (χ0v) is 10.5. The number of aryl methyl sites for hydroxylation is 1. The molecule has 0 spiro atoms. The van der Waals surface area contributed by atoms with Gasteiger partial charge >= 0.3 is 0 Å². The van der Waals surface area contributed by atoms with Crippen LogP contribution < -0.4 is 10.6 Å². The molecular weight excluding hydrogens is 200 g/mol. The van der Waals surface area contributed by atoms with Crippen LogP contribution in [0.15, 0.2) is 12.3 Å². The van der Waals surface area contributed by atoms with Crippen LogP contribution in [0.25, 0.3) is 0 Å². The maximum Gasteiger partial charge on any atom is 0.151 e. The van der Waals surface area contributed by atoms with Gasteiger partial charge < -0.3 is 10.6 Å². The van der Waals surface area contributed by atoms with Crippen LogP contribution in [0.4, 0.5) is 5.82 Å². The second-order valence-corrected chi connectivity index (χ2v) is 4.04. The Labute approximate surface area is 97.9 Å². The lowest BCUT2D eigenvalue weighted by molar-refractivity contribution is 0.551. The van der Waals surface area contributed by atoms with Gasteiger partial charge in [0.05, 0.1) is 6.20 Å². The van der Waals surface area contributed by atoms with E-state index in [1.165, 1.54) is 0 Å². The fourth-order valence-corrected chi connectivity index (χ4v) is 1.94. The summed E-state index contributed by atoms with van der Waals surface area (Å²) < 4.78 is 0. The highest BCUT2D eigenvalue weighted by molar-refractivity contribution is 5.40. The maximum absolute atomic E-state index is 5.66. The van der Waals surface area contributed by atoms with E-state index in [2.05, 4.69) is 35.0 Å². The van der Waals surface area contributed by atoms with Crippen molar-refractivity contribution in [2.24, 2.45) is 5.73 Å². The van der Waals surface area contributed by atoms with Crippen LogP contribution in [0.1, 0.15) is 32.3 Å². The van der Waals surface area contributed by atoms with Crippen LogP contribution in [0.3, 0.4) is 0 Å². The van der Waals surface area contributed by atoms with Crippen LogP contribution >= 0.6 is 0 Å². The minimum absolute atomic E-state index is 0.500. The summed E-state index contributed by atoms with van der Waals surface area (Å²) in [5.41, 5.74) is 6.80. The highest BCUT2D eigenvalue weighted by Gasteiger charge is 2.16. The Hall–Kier alpha value is -1.16. The minimum atomic E-state index is 0.500. The molecule has 4 heteroatoms. The molecular formula is C12H22N4. The molecule has 0 aromatic carbocycles. The van der Waals surface area contributed by atoms with Gasteiger partial charge in [0.1, 0.15) is 0 Å². The first kappa shape index (κ1) is 12.9. The number of nitrogens with zero attached hydrogens (tertiary/aromatic N) is 3. The first-order valence-electron chi connectivity index (χ1n) is 5.98. The molecule has 2 N–H and O–H groups in total. The third kappa shape index (κ3) is 3.17. The van der Waals surface area contributed by atoms with Crippen molar-refractivity contribution in [1.82, 2.24) is 10.2 Å². The lowest BCUT2D eigenvalue weighted by Crippen LogP contribution is -2.39. The molecule has 1 rings (SSSR count). The van der Waals surface area contributed by atoms with Gasteiger partial charge in [0.2, 0.25) is 0 Å². The largest absolute Gasteiger partial charge is 0.351 e. The molecule has 0 atom stereocenters. The summed E-state index contributed by atoms with van der Waals surface area (Å²) in [6.45, 7) is 7.91. The molecule has 1 aromatic heterocycles. The summed E-state index contributed by atoms with van der Waals surface area (Å²) in [7, 11) is 0. The molecule has 4 nitrogen and oxygen atoms in total. The quantitative estimate of drug-likeness (QED) is 0.796. The van der Waals surface area contributed by atoms with Gasteiger partial charge in [0.15, 0.2) is 5.82 Å². The monoisotopic (exact) mass is 222 g/mol. The van der Waals surface area contributed by atoms with E-state index in [4.69, 9.17) is 5.73 Å². The molecule has 0 aliphatic heterocycles. The second-order valence-electron chi connectivity index (χ2n) is 4.04. The Morgan fingerprint density at radius 2 is 2.06 bits per heavy atom. The summed E-state index contributed by atoms with van der Waals surface area (Å²) in [5, 5.41) is 8.20. The van der Waals surface area contributed by atoms with Crippen LogP contribution in [0.5, 0.6) is 0 Å². The van der Waals surface area contributed by atoms with Crippen LogP contribution in [-0.2, 0) is 0 Å². The van der Waals surface area contributed by atoms with Crippen molar-refractivity contribution in [3.8, 4) is 0 Å². The molecule has 1 aromatic rings. The SMILES string of the molecule is CCC(CC)N(CCN)c1cc(C)cnn1. The molecule has 1 heterocycles. The number of hydrogen-bond acceptors (Lipinski definition) is 4. The highest BCUT2D eigenvalue weighted by atomic mass is 15.3. The van der Waals surface area contributed by atoms with Crippen molar-refractivity contribution in [1.29, 1.82) is 0 Å². The van der Waals surface area contributed by atoms with Crippen molar-refractivity contribution in [2.75, 3.05) is 18.0 Å². The summed E-state index contributed by atoms with van der Waals surface area (Å²) in [6, 6.07) is 2.57. The fourth-order valence-electron chi connectivity index (χ4n) is 1.94. The average Bonchev–Trinajstić information content (AvgIpc) is 2.29. The smallest absolute Gasteiger partial charge is 0.151 e. The van der Waals surface area contributed by atoms with Gasteiger partial charge in [0, 0.05) is 19.1 Å². The molecule has 0 aliphatic carbocycles. The van der Waals surface area contributed by atoms with Crippen LogP contribution in [-0.4, -0.2) is 29.3 Å². The predicted octanol–water partition coefficient (Wildman–Crippen LogP) is 1.74. The Balaban J connectivity index is 2.91. The van der Waals surface area contributed by atoms with E-state index >= 15 is 0 Å². The molecule has 0 amide bonds. The first-order valence-corrected chi connectivity index (χ1v) is 5.98. The van der Waals surface area contributed by atoms with E-state index in [9.17, 15) is 0 Å². The fraction of sp³-hybridized carbons (Fsp3) is 0.667. The number of hydrogen-bond donors (Lipinski definition) is 1. The Kier molecular flexibility index (Phi) is 5.19. The zero-order chi connectivity index (χ0) is 12.0. The lowest BCUT2D eigenvalue weighted by Gasteiger charge is -2.30. The summed E-state index contributed by atoms with van der Waals surface area (Å²) in [6.07, 6.45) is 3.98. The molecule has 0 bridgehead atoms. The van der Waals surface area contributed by atoms with E-state index in [1.807, 2.05) is 6.92 Å². The number of rotatable bonds is 6. The molecule has 0 unspecified atom stereocenters. The Morgan fingerprint density at radius 3 is 2.56 bits per heavy atom. The van der Waals surface area contributed by atoms with E-state index in [0.29, 0.717) is 12.6 Å². The van der Waals surface area contributed by atoms with Gasteiger partial charge in [-0.05, 0) is 31.4 Å². The van der Waals surface area contributed by atoms with Crippen molar-refractivity contribution in [3.05, 3.63) is 17.8 Å². The number of anilines is 1. The van der Waals surface area contributed by atoms with E-state index in [0.717, 1.165) is 30.8 Å². The molecule has 90 valence electrons. The van der Waals surface area contributed by atoms with Gasteiger partial charge in [0.25, 0.3) is 0 Å². The average molecular weight is 222 g/mol. The zero-order valence-electron chi connectivity index (χ0n) is 10.5. The van der Waals surface area contributed by atoms with E-state index in [-0.39, 0.29) is 0 Å². The van der Waals surface area contributed by atoms with Gasteiger partial charge in [-0.2, -0.15) is 5.10 Å². The summed E-state index contributed by atoms with van der Waals surface area (Å²) >= 11 is 0. The first-order chi connectivity index (χ1) is 7.72. The van der Waals surface area contributed by atoms with Crippen molar-refractivity contribution < 1.29 is 0 Å². The maximum atomic E-state index is 5.66. The van der Waals surface area contributed by atoms with Crippen molar-refractivity contribution in [2.45, 2.75) is 39.7 Å². The van der Waals surface area contributed by atoms with Crippen LogP contribution in [0, 0.1) is 6.92 Å². The minimum Gasteiger partial charge on any atom is -0.351 e. The third-order valence-electron chi connectivity index (χ3n) is 2.83. The normalized spacial score (nSPS) is 10.8. The predicted molar refractivity (Wildman–Crippen MR) is 67.5 cm³/mol. The van der Waals surface area contributed by atoms with Gasteiger partial charge in [-0.25, -0.2) is 0 Å². The molecule has 0 fully saturated rings. The van der Waals surface area contributed by atoms with Crippen LogP contribution in [0.2, 0.25) is 0 Å². The topological polar surface area (TPSA) is 55.0 Å². The van der Waals surface area contributed by atoms with Crippen molar-refractivity contribution >= 4 is 5.82 Å². The second kappa shape index (κ2) is 6.43. The van der Waals surface area contributed by atoms with Gasteiger partial charge in [-0.15, -0.1) is 5.10 Å². The lowest BCUT2D eigenvalue weighted by atomic mass is 10.1. The molecule has 0 radical (unpaired) electrons. The Morgan fingerprint density at radius 1 is 1.38 bits per heavy atom. The van der Waals surface area contributed by atoms with E-state index in [1.54, 1.807) is 6.20 Å². The standard InChI is InChI=1S/C12H22N4/c1-4-11(5-2)16(7-6-13)12-8-10(3)9-14-15-12/h8-9,11H,4-7,13H2,1-3H3. The number of aromatic nitrogens is 2. The third-order valence-corrected chi connectivity index (χ3v) is 2.83. The van der Waals surface area contributed by atoms with E-state index < -0.39 is 0 Å². The van der Waals surface area contributed by atoms with Gasteiger partial charge in [-0.1, -0.05) is 13.8 Å². The molecule has 0 saturated heterocycles. The van der Waals surface area contributed by atoms with Gasteiger partial charge in [-0.3, -0.25) is 0 Å². The molecule has 0 aliphatic rings. The molecule has 0 saturated carbocycles. The Bertz CT molecular complexity index is 310.